The third-order valence-corrected chi connectivity index (χ3v) is 5.59. The summed E-state index contributed by atoms with van der Waals surface area (Å²) in [5.41, 5.74) is 3.18. The first kappa shape index (κ1) is 19.1. The van der Waals surface area contributed by atoms with E-state index in [2.05, 4.69) is 11.4 Å². The third-order valence-electron chi connectivity index (χ3n) is 5.59. The highest BCUT2D eigenvalue weighted by atomic mass is 19.1. The quantitative estimate of drug-likeness (QED) is 0.850. The molecule has 0 aromatic heterocycles. The molecule has 0 spiro atoms. The van der Waals surface area contributed by atoms with Gasteiger partial charge in [0, 0.05) is 6.54 Å². The zero-order valence-corrected chi connectivity index (χ0v) is 15.7. The van der Waals surface area contributed by atoms with Gasteiger partial charge in [0.25, 0.3) is 5.91 Å². The number of fused-ring (bicyclic) bond motifs is 1. The lowest BCUT2D eigenvalue weighted by Gasteiger charge is -2.39. The molecule has 5 nitrogen and oxygen atoms in total. The summed E-state index contributed by atoms with van der Waals surface area (Å²) in [6, 6.07) is 14.1. The molecule has 1 saturated heterocycles. The van der Waals surface area contributed by atoms with E-state index in [9.17, 15) is 14.3 Å². The Morgan fingerprint density at radius 2 is 2.00 bits per heavy atom. The van der Waals surface area contributed by atoms with Crippen molar-refractivity contribution < 1.29 is 19.0 Å². The second-order valence-corrected chi connectivity index (χ2v) is 7.38. The molecule has 0 bridgehead atoms. The predicted octanol–water partition coefficient (Wildman–Crippen LogP) is 2.04. The zero-order valence-electron chi connectivity index (χ0n) is 15.7. The number of amides is 1. The molecule has 1 fully saturated rings. The monoisotopic (exact) mass is 384 g/mol. The highest BCUT2D eigenvalue weighted by Gasteiger charge is 2.36. The molecule has 0 saturated carbocycles. The number of hydrogen-bond donors (Lipinski definition) is 2. The number of halogens is 1. The van der Waals surface area contributed by atoms with Gasteiger partial charge in [0.1, 0.15) is 11.9 Å². The van der Waals surface area contributed by atoms with Crippen molar-refractivity contribution in [3.8, 4) is 0 Å². The van der Waals surface area contributed by atoms with Crippen molar-refractivity contribution in [2.45, 2.75) is 31.0 Å². The van der Waals surface area contributed by atoms with Crippen molar-refractivity contribution in [3.05, 3.63) is 71.0 Å². The van der Waals surface area contributed by atoms with Crippen molar-refractivity contribution in [2.24, 2.45) is 0 Å². The standard InChI is InChI=1S/C22H25FN2O3/c23-17-7-5-16(6-8-17)21-19-4-2-1-3-15(19)10-12-25(21)22(27)20-9-11-24-18(13-26)14-28-20/h1-8,18,20-21,24,26H,9-14H2/t18-,20+,21+/m1/s1. The number of hydrogen-bond acceptors (Lipinski definition) is 4. The van der Waals surface area contributed by atoms with Gasteiger partial charge in [0.05, 0.1) is 25.3 Å². The summed E-state index contributed by atoms with van der Waals surface area (Å²) < 4.78 is 19.3. The van der Waals surface area contributed by atoms with Crippen LogP contribution in [0, 0.1) is 5.82 Å². The Balaban J connectivity index is 1.65. The maximum Gasteiger partial charge on any atom is 0.252 e. The molecule has 0 unspecified atom stereocenters. The van der Waals surface area contributed by atoms with E-state index in [1.807, 2.05) is 23.1 Å². The molecule has 2 aliphatic rings. The number of aliphatic hydroxyl groups is 1. The van der Waals surface area contributed by atoms with E-state index >= 15 is 0 Å². The van der Waals surface area contributed by atoms with Crippen LogP contribution in [0.5, 0.6) is 0 Å². The fraction of sp³-hybridized carbons (Fsp3) is 0.409. The lowest BCUT2D eigenvalue weighted by Crippen LogP contribution is -2.46. The number of nitrogens with one attached hydrogen (secondary N) is 1. The minimum absolute atomic E-state index is 0.0177. The van der Waals surface area contributed by atoms with Crippen LogP contribution in [-0.4, -0.2) is 54.4 Å². The van der Waals surface area contributed by atoms with Crippen molar-refractivity contribution >= 4 is 5.91 Å². The minimum Gasteiger partial charge on any atom is -0.395 e. The Bertz CT molecular complexity index is 827. The molecule has 0 aliphatic carbocycles. The summed E-state index contributed by atoms with van der Waals surface area (Å²) in [6.45, 7) is 1.50. The number of aliphatic hydroxyl groups excluding tert-OH is 1. The average Bonchev–Trinajstić information content (AvgIpc) is 2.99. The molecule has 6 heteroatoms. The van der Waals surface area contributed by atoms with E-state index in [-0.39, 0.29) is 30.4 Å². The summed E-state index contributed by atoms with van der Waals surface area (Å²) >= 11 is 0. The van der Waals surface area contributed by atoms with Gasteiger partial charge in [-0.2, -0.15) is 0 Å². The van der Waals surface area contributed by atoms with E-state index in [0.29, 0.717) is 26.1 Å². The maximum atomic E-state index is 13.5. The predicted molar refractivity (Wildman–Crippen MR) is 103 cm³/mol. The molecule has 0 radical (unpaired) electrons. The highest BCUT2D eigenvalue weighted by Crippen LogP contribution is 2.36. The van der Waals surface area contributed by atoms with E-state index in [4.69, 9.17) is 4.74 Å². The maximum absolute atomic E-state index is 13.5. The molecule has 148 valence electrons. The smallest absolute Gasteiger partial charge is 0.252 e. The van der Waals surface area contributed by atoms with Gasteiger partial charge >= 0.3 is 0 Å². The van der Waals surface area contributed by atoms with Gasteiger partial charge in [-0.25, -0.2) is 4.39 Å². The van der Waals surface area contributed by atoms with Gasteiger partial charge in [0.15, 0.2) is 0 Å². The van der Waals surface area contributed by atoms with Crippen LogP contribution in [0.15, 0.2) is 48.5 Å². The average molecular weight is 384 g/mol. The number of ether oxygens (including phenoxy) is 1. The van der Waals surface area contributed by atoms with Crippen molar-refractivity contribution in [2.75, 3.05) is 26.3 Å². The van der Waals surface area contributed by atoms with Gasteiger partial charge in [-0.3, -0.25) is 4.79 Å². The Morgan fingerprint density at radius 1 is 1.21 bits per heavy atom. The van der Waals surface area contributed by atoms with Crippen LogP contribution in [0.25, 0.3) is 0 Å². The summed E-state index contributed by atoms with van der Waals surface area (Å²) in [7, 11) is 0. The summed E-state index contributed by atoms with van der Waals surface area (Å²) in [4.78, 5) is 15.3. The summed E-state index contributed by atoms with van der Waals surface area (Å²) in [5.74, 6) is -0.344. The van der Waals surface area contributed by atoms with Gasteiger partial charge in [-0.15, -0.1) is 0 Å². The first-order chi connectivity index (χ1) is 13.7. The Labute approximate surface area is 164 Å². The van der Waals surface area contributed by atoms with Gasteiger partial charge in [0.2, 0.25) is 0 Å². The molecular formula is C22H25FN2O3. The molecular weight excluding hydrogens is 359 g/mol. The third kappa shape index (κ3) is 3.81. The molecule has 2 aromatic carbocycles. The van der Waals surface area contributed by atoms with E-state index in [1.54, 1.807) is 12.1 Å². The van der Waals surface area contributed by atoms with Crippen molar-refractivity contribution in [1.82, 2.24) is 10.2 Å². The van der Waals surface area contributed by atoms with Crippen LogP contribution in [0.2, 0.25) is 0 Å². The molecule has 2 aromatic rings. The fourth-order valence-electron chi connectivity index (χ4n) is 4.10. The topological polar surface area (TPSA) is 61.8 Å². The summed E-state index contributed by atoms with van der Waals surface area (Å²) in [6.07, 6.45) is 0.797. The van der Waals surface area contributed by atoms with E-state index in [0.717, 1.165) is 17.5 Å². The summed E-state index contributed by atoms with van der Waals surface area (Å²) in [5, 5.41) is 12.5. The van der Waals surface area contributed by atoms with Gasteiger partial charge in [-0.1, -0.05) is 36.4 Å². The molecule has 2 heterocycles. The van der Waals surface area contributed by atoms with Gasteiger partial charge in [-0.05, 0) is 48.2 Å². The minimum atomic E-state index is -0.544. The second-order valence-electron chi connectivity index (χ2n) is 7.38. The zero-order chi connectivity index (χ0) is 19.5. The van der Waals surface area contributed by atoms with E-state index < -0.39 is 6.10 Å². The molecule has 2 N–H and O–H groups in total. The first-order valence-corrected chi connectivity index (χ1v) is 9.77. The number of rotatable bonds is 3. The Hall–Kier alpha value is -2.28. The fourth-order valence-corrected chi connectivity index (χ4v) is 4.10. The number of carbonyl (C=O) groups is 1. The largest absolute Gasteiger partial charge is 0.395 e. The van der Waals surface area contributed by atoms with Gasteiger partial charge < -0.3 is 20.1 Å². The van der Waals surface area contributed by atoms with Crippen LogP contribution in [0.3, 0.4) is 0 Å². The lowest BCUT2D eigenvalue weighted by atomic mass is 9.87. The number of nitrogens with zero attached hydrogens (tertiary/aromatic N) is 1. The van der Waals surface area contributed by atoms with Crippen molar-refractivity contribution in [1.29, 1.82) is 0 Å². The molecule has 28 heavy (non-hydrogen) atoms. The molecule has 2 aliphatic heterocycles. The Morgan fingerprint density at radius 3 is 2.79 bits per heavy atom. The Kier molecular flexibility index (Phi) is 5.71. The molecule has 1 amide bonds. The van der Waals surface area contributed by atoms with Crippen LogP contribution in [-0.2, 0) is 16.0 Å². The number of carbonyl (C=O) groups excluding carboxylic acids is 1. The molecule has 4 rings (SSSR count). The highest BCUT2D eigenvalue weighted by molar-refractivity contribution is 5.82. The van der Waals surface area contributed by atoms with Crippen LogP contribution >= 0.6 is 0 Å². The lowest BCUT2D eigenvalue weighted by molar-refractivity contribution is -0.146. The normalized spacial score (nSPS) is 25.1. The number of benzene rings is 2. The SMILES string of the molecule is O=C([C@@H]1CCN[C@H](CO)CO1)N1CCc2ccccc2[C@@H]1c1ccc(F)cc1. The van der Waals surface area contributed by atoms with Crippen LogP contribution in [0.1, 0.15) is 29.2 Å². The van der Waals surface area contributed by atoms with Crippen molar-refractivity contribution in [3.63, 3.8) is 0 Å². The second kappa shape index (κ2) is 8.39. The van der Waals surface area contributed by atoms with E-state index in [1.165, 1.54) is 17.7 Å². The van der Waals surface area contributed by atoms with Crippen LogP contribution < -0.4 is 5.32 Å². The first-order valence-electron chi connectivity index (χ1n) is 9.77. The van der Waals surface area contributed by atoms with Crippen LogP contribution in [0.4, 0.5) is 4.39 Å². The molecule has 3 atom stereocenters.